The molecule has 2 aromatic rings. The van der Waals surface area contributed by atoms with Gasteiger partial charge in [-0.05, 0) is 12.5 Å². The molecule has 1 heterocycles. The average Bonchev–Trinajstić information content (AvgIpc) is 3.12. The van der Waals surface area contributed by atoms with Crippen LogP contribution in [0.25, 0.3) is 0 Å². The molecule has 1 atom stereocenters. The van der Waals surface area contributed by atoms with E-state index in [0.717, 1.165) is 24.1 Å². The number of guanidine groups is 1. The molecule has 3 N–H and O–H groups in total. The van der Waals surface area contributed by atoms with Crippen LogP contribution < -0.4 is 15.4 Å². The number of nitrogens with one attached hydrogen (secondary N) is 3. The molecule has 0 radical (unpaired) electrons. The second-order valence-corrected chi connectivity index (χ2v) is 8.23. The van der Waals surface area contributed by atoms with Gasteiger partial charge < -0.3 is 15.2 Å². The van der Waals surface area contributed by atoms with E-state index in [2.05, 4.69) is 37.5 Å². The maximum absolute atomic E-state index is 11.2. The zero-order chi connectivity index (χ0) is 20.4. The summed E-state index contributed by atoms with van der Waals surface area (Å²) >= 11 is 0. The molecule has 0 fully saturated rings. The lowest BCUT2D eigenvalue weighted by Crippen LogP contribution is -2.41. The first-order valence-corrected chi connectivity index (χ1v) is 11.2. The highest BCUT2D eigenvalue weighted by atomic mass is 127. The topological polar surface area (TPSA) is 113 Å². The molecule has 0 saturated carbocycles. The van der Waals surface area contributed by atoms with E-state index < -0.39 is 10.0 Å². The van der Waals surface area contributed by atoms with Gasteiger partial charge in [0.2, 0.25) is 10.0 Å². The fourth-order valence-corrected chi connectivity index (χ4v) is 3.08. The first-order chi connectivity index (χ1) is 13.4. The molecule has 9 nitrogen and oxygen atoms in total. The molecule has 11 heteroatoms. The number of aryl methyl sites for hydroxylation is 1. The summed E-state index contributed by atoms with van der Waals surface area (Å²) in [6.45, 7) is 6.01. The van der Waals surface area contributed by atoms with Crippen molar-refractivity contribution in [1.82, 2.24) is 30.1 Å². The Balaban J connectivity index is 0.00000420. The minimum absolute atomic E-state index is 0. The molecule has 1 aromatic carbocycles. The standard InChI is InChI=1S/C18H29N7O2S.HI/c1-4-17-24-21-14-25(17)13-12-20-18(19-10-11-22-28(3,26)27)23-15(2)16-8-6-5-7-9-16;/h5-9,14-15,22H,4,10-13H2,1-3H3,(H2,19,20,23);1H. The van der Waals surface area contributed by atoms with Crippen molar-refractivity contribution in [3.63, 3.8) is 0 Å². The molecular weight excluding hydrogens is 505 g/mol. The summed E-state index contributed by atoms with van der Waals surface area (Å²) in [5.41, 5.74) is 1.14. The Morgan fingerprint density at radius 1 is 1.24 bits per heavy atom. The number of aliphatic imine (C=N–C) groups is 1. The highest BCUT2D eigenvalue weighted by Crippen LogP contribution is 2.10. The van der Waals surface area contributed by atoms with E-state index in [4.69, 9.17) is 0 Å². The predicted molar refractivity (Wildman–Crippen MR) is 126 cm³/mol. The Labute approximate surface area is 189 Å². The van der Waals surface area contributed by atoms with Crippen LogP contribution in [0.1, 0.15) is 31.3 Å². The summed E-state index contributed by atoms with van der Waals surface area (Å²) < 4.78 is 26.8. The van der Waals surface area contributed by atoms with Crippen molar-refractivity contribution in [3.8, 4) is 0 Å². The molecule has 0 spiro atoms. The van der Waals surface area contributed by atoms with Crippen molar-refractivity contribution in [3.05, 3.63) is 48.0 Å². The second-order valence-electron chi connectivity index (χ2n) is 6.39. The molecular formula is C18H30IN7O2S. The van der Waals surface area contributed by atoms with Crippen molar-refractivity contribution in [2.75, 3.05) is 25.9 Å². The highest BCUT2D eigenvalue weighted by Gasteiger charge is 2.08. The van der Waals surface area contributed by atoms with Gasteiger partial charge in [-0.3, -0.25) is 4.99 Å². The summed E-state index contributed by atoms with van der Waals surface area (Å²) in [5.74, 6) is 1.56. The second kappa shape index (κ2) is 12.8. The molecule has 0 saturated heterocycles. The minimum Gasteiger partial charge on any atom is -0.355 e. The number of hydrogen-bond donors (Lipinski definition) is 3. The van der Waals surface area contributed by atoms with Crippen LogP contribution in [0.2, 0.25) is 0 Å². The Kier molecular flexibility index (Phi) is 11.1. The number of halogens is 1. The number of sulfonamides is 1. The van der Waals surface area contributed by atoms with Gasteiger partial charge in [-0.1, -0.05) is 37.3 Å². The normalized spacial score (nSPS) is 12.9. The zero-order valence-electron chi connectivity index (χ0n) is 17.0. The first-order valence-electron chi connectivity index (χ1n) is 9.30. The van der Waals surface area contributed by atoms with Gasteiger partial charge >= 0.3 is 0 Å². The Morgan fingerprint density at radius 3 is 2.62 bits per heavy atom. The molecule has 0 aliphatic heterocycles. The fourth-order valence-electron chi connectivity index (χ4n) is 2.62. The third-order valence-corrected chi connectivity index (χ3v) is 4.78. The number of hydrogen-bond acceptors (Lipinski definition) is 5. The Bertz CT molecular complexity index is 856. The summed E-state index contributed by atoms with van der Waals surface area (Å²) in [4.78, 5) is 4.48. The van der Waals surface area contributed by atoms with E-state index in [1.165, 1.54) is 0 Å². The van der Waals surface area contributed by atoms with E-state index in [1.807, 2.05) is 41.8 Å². The van der Waals surface area contributed by atoms with E-state index in [9.17, 15) is 8.42 Å². The van der Waals surface area contributed by atoms with Crippen LogP contribution >= 0.6 is 24.0 Å². The third kappa shape index (κ3) is 9.54. The van der Waals surface area contributed by atoms with E-state index >= 15 is 0 Å². The molecule has 1 unspecified atom stereocenters. The van der Waals surface area contributed by atoms with Crippen LogP contribution in [-0.2, 0) is 23.0 Å². The quantitative estimate of drug-likeness (QED) is 0.183. The lowest BCUT2D eigenvalue weighted by molar-refractivity contribution is 0.587. The van der Waals surface area contributed by atoms with Crippen molar-refractivity contribution >= 4 is 40.0 Å². The van der Waals surface area contributed by atoms with Crippen molar-refractivity contribution in [2.45, 2.75) is 32.9 Å². The van der Waals surface area contributed by atoms with Gasteiger partial charge in [-0.15, -0.1) is 34.2 Å². The van der Waals surface area contributed by atoms with Gasteiger partial charge in [0.05, 0.1) is 18.8 Å². The molecule has 1 aromatic heterocycles. The number of rotatable bonds is 10. The monoisotopic (exact) mass is 535 g/mol. The molecule has 162 valence electrons. The van der Waals surface area contributed by atoms with Gasteiger partial charge in [-0.25, -0.2) is 13.1 Å². The van der Waals surface area contributed by atoms with Gasteiger partial charge in [0.25, 0.3) is 0 Å². The van der Waals surface area contributed by atoms with Gasteiger partial charge in [0.1, 0.15) is 12.2 Å². The number of nitrogens with zero attached hydrogens (tertiary/aromatic N) is 4. The van der Waals surface area contributed by atoms with Crippen molar-refractivity contribution in [1.29, 1.82) is 0 Å². The smallest absolute Gasteiger partial charge is 0.208 e. The van der Waals surface area contributed by atoms with Crippen LogP contribution in [0.15, 0.2) is 41.7 Å². The van der Waals surface area contributed by atoms with Gasteiger partial charge in [0, 0.05) is 26.1 Å². The minimum atomic E-state index is -3.22. The van der Waals surface area contributed by atoms with Crippen LogP contribution in [-0.4, -0.2) is 55.0 Å². The number of benzene rings is 1. The van der Waals surface area contributed by atoms with Crippen molar-refractivity contribution < 1.29 is 8.42 Å². The summed E-state index contributed by atoms with van der Waals surface area (Å²) in [7, 11) is -3.22. The highest BCUT2D eigenvalue weighted by molar-refractivity contribution is 14.0. The third-order valence-electron chi connectivity index (χ3n) is 4.06. The largest absolute Gasteiger partial charge is 0.355 e. The van der Waals surface area contributed by atoms with Crippen LogP contribution in [0.4, 0.5) is 0 Å². The SMILES string of the molecule is CCc1nncn1CCNC(=NCCNS(C)(=O)=O)NC(C)c1ccccc1.I. The first kappa shape index (κ1) is 25.3. The predicted octanol–water partition coefficient (Wildman–Crippen LogP) is 1.30. The van der Waals surface area contributed by atoms with E-state index in [1.54, 1.807) is 6.33 Å². The zero-order valence-corrected chi connectivity index (χ0v) is 20.1. The lowest BCUT2D eigenvalue weighted by Gasteiger charge is -2.19. The maximum atomic E-state index is 11.2. The fraction of sp³-hybridized carbons (Fsp3) is 0.500. The summed E-state index contributed by atoms with van der Waals surface area (Å²) in [6, 6.07) is 10.1. The van der Waals surface area contributed by atoms with Crippen LogP contribution in [0, 0.1) is 0 Å². The number of aromatic nitrogens is 3. The molecule has 0 bridgehead atoms. The summed E-state index contributed by atoms with van der Waals surface area (Å²) in [6.07, 6.45) is 3.67. The average molecular weight is 535 g/mol. The summed E-state index contributed by atoms with van der Waals surface area (Å²) in [5, 5.41) is 14.7. The molecule has 2 rings (SSSR count). The van der Waals surface area contributed by atoms with Crippen LogP contribution in [0.5, 0.6) is 0 Å². The molecule has 29 heavy (non-hydrogen) atoms. The molecule has 0 aliphatic rings. The van der Waals surface area contributed by atoms with Crippen molar-refractivity contribution in [2.24, 2.45) is 4.99 Å². The van der Waals surface area contributed by atoms with Gasteiger partial charge in [-0.2, -0.15) is 0 Å². The Hall–Kier alpha value is -1.73. The molecule has 0 aliphatic carbocycles. The van der Waals surface area contributed by atoms with Gasteiger partial charge in [0.15, 0.2) is 5.96 Å². The molecule has 0 amide bonds. The lowest BCUT2D eigenvalue weighted by atomic mass is 10.1. The Morgan fingerprint density at radius 2 is 1.97 bits per heavy atom. The van der Waals surface area contributed by atoms with E-state index in [-0.39, 0.29) is 36.6 Å². The van der Waals surface area contributed by atoms with E-state index in [0.29, 0.717) is 25.6 Å². The van der Waals surface area contributed by atoms with Crippen LogP contribution in [0.3, 0.4) is 0 Å². The maximum Gasteiger partial charge on any atom is 0.208 e.